The van der Waals surface area contributed by atoms with E-state index in [2.05, 4.69) is 4.72 Å². The number of nitrogens with one attached hydrogen (secondary N) is 1. The smallest absolute Gasteiger partial charge is 0.215 e. The summed E-state index contributed by atoms with van der Waals surface area (Å²) in [7, 11) is -3.37. The number of rotatable bonds is 5. The molecule has 1 heterocycles. The van der Waals surface area contributed by atoms with Crippen molar-refractivity contribution in [2.75, 3.05) is 18.1 Å². The van der Waals surface area contributed by atoms with Crippen molar-refractivity contribution in [3.8, 4) is 6.07 Å². The fraction of sp³-hybridized carbons (Fsp3) is 0.462. The summed E-state index contributed by atoms with van der Waals surface area (Å²) in [5.41, 5.74) is 0.975. The second kappa shape index (κ2) is 6.42. The molecule has 1 aliphatic rings. The molecule has 0 aromatic heterocycles. The predicted molar refractivity (Wildman–Crippen MR) is 77.2 cm³/mol. The molecule has 0 saturated carbocycles. The molecule has 2 rings (SSSR count). The van der Waals surface area contributed by atoms with E-state index in [0.29, 0.717) is 23.6 Å². The second-order valence-electron chi connectivity index (χ2n) is 4.61. The van der Waals surface area contributed by atoms with Crippen LogP contribution in [0.25, 0.3) is 0 Å². The molecule has 1 aromatic rings. The minimum absolute atomic E-state index is 0.128. The number of hydrogen-bond acceptors (Lipinski definition) is 4. The normalized spacial score (nSPS) is 19.2. The molecule has 0 amide bonds. The molecule has 0 bridgehead atoms. The summed E-state index contributed by atoms with van der Waals surface area (Å²) in [5.74, 6) is 2.45. The van der Waals surface area contributed by atoms with Gasteiger partial charge in [-0.1, -0.05) is 18.2 Å². The first-order chi connectivity index (χ1) is 9.11. The largest absolute Gasteiger partial charge is 0.215 e. The number of hydrogen-bond donors (Lipinski definition) is 1. The molecular weight excluding hydrogens is 280 g/mol. The fourth-order valence-electron chi connectivity index (χ4n) is 2.00. The average Bonchev–Trinajstić information content (AvgIpc) is 2.90. The Labute approximate surface area is 118 Å². The lowest BCUT2D eigenvalue weighted by atomic mass is 10.1. The molecule has 6 heteroatoms. The van der Waals surface area contributed by atoms with Gasteiger partial charge in [-0.05, 0) is 35.5 Å². The van der Waals surface area contributed by atoms with Crippen molar-refractivity contribution in [1.29, 1.82) is 5.26 Å². The summed E-state index contributed by atoms with van der Waals surface area (Å²) in [6.45, 7) is 0.504. The van der Waals surface area contributed by atoms with Crippen LogP contribution >= 0.6 is 11.8 Å². The molecule has 102 valence electrons. The van der Waals surface area contributed by atoms with Gasteiger partial charge in [0.2, 0.25) is 10.0 Å². The van der Waals surface area contributed by atoms with Gasteiger partial charge in [-0.15, -0.1) is 0 Å². The number of nitrogens with zero attached hydrogens (tertiary/aromatic N) is 1. The van der Waals surface area contributed by atoms with Gasteiger partial charge >= 0.3 is 0 Å². The summed E-state index contributed by atoms with van der Waals surface area (Å²) in [6, 6.07) is 8.82. The van der Waals surface area contributed by atoms with Crippen LogP contribution in [-0.2, 0) is 15.8 Å². The van der Waals surface area contributed by atoms with Crippen molar-refractivity contribution in [2.24, 2.45) is 5.92 Å². The Morgan fingerprint density at radius 3 is 2.89 bits per heavy atom. The number of sulfonamides is 1. The molecule has 0 aliphatic carbocycles. The van der Waals surface area contributed by atoms with Crippen LogP contribution in [0.15, 0.2) is 24.3 Å². The van der Waals surface area contributed by atoms with Gasteiger partial charge in [-0.3, -0.25) is 0 Å². The lowest BCUT2D eigenvalue weighted by molar-refractivity contribution is 0.545. The SMILES string of the molecule is N#Cc1ccccc1CS(=O)(=O)NCC1CCSC1. The van der Waals surface area contributed by atoms with Gasteiger partial charge in [0, 0.05) is 6.54 Å². The van der Waals surface area contributed by atoms with E-state index in [9.17, 15) is 8.42 Å². The third-order valence-electron chi connectivity index (χ3n) is 3.10. The summed E-state index contributed by atoms with van der Waals surface area (Å²) in [5, 5.41) is 8.95. The lowest BCUT2D eigenvalue weighted by Crippen LogP contribution is -2.30. The second-order valence-corrected chi connectivity index (χ2v) is 7.56. The van der Waals surface area contributed by atoms with E-state index in [1.54, 1.807) is 24.3 Å². The first-order valence-electron chi connectivity index (χ1n) is 6.14. The van der Waals surface area contributed by atoms with E-state index >= 15 is 0 Å². The fourth-order valence-corrected chi connectivity index (χ4v) is 4.54. The Bertz CT molecular complexity index is 573. The van der Waals surface area contributed by atoms with Crippen molar-refractivity contribution >= 4 is 21.8 Å². The van der Waals surface area contributed by atoms with Gasteiger partial charge in [-0.2, -0.15) is 17.0 Å². The molecule has 1 unspecified atom stereocenters. The van der Waals surface area contributed by atoms with Gasteiger partial charge in [0.1, 0.15) is 0 Å². The van der Waals surface area contributed by atoms with Crippen LogP contribution in [0, 0.1) is 17.2 Å². The highest BCUT2D eigenvalue weighted by molar-refractivity contribution is 7.99. The molecule has 1 atom stereocenters. The highest BCUT2D eigenvalue weighted by Gasteiger charge is 2.19. The first kappa shape index (κ1) is 14.4. The Hall–Kier alpha value is -1.03. The number of nitriles is 1. The maximum atomic E-state index is 12.0. The Balaban J connectivity index is 1.98. The van der Waals surface area contributed by atoms with Crippen molar-refractivity contribution in [3.63, 3.8) is 0 Å². The van der Waals surface area contributed by atoms with Crippen molar-refractivity contribution < 1.29 is 8.42 Å². The third kappa shape index (κ3) is 4.23. The topological polar surface area (TPSA) is 70.0 Å². The Kier molecular flexibility index (Phi) is 4.86. The highest BCUT2D eigenvalue weighted by atomic mass is 32.2. The maximum Gasteiger partial charge on any atom is 0.215 e. The standard InChI is InChI=1S/C13H16N2O2S2/c14-7-12-3-1-2-4-13(12)10-19(16,17)15-8-11-5-6-18-9-11/h1-4,11,15H,5-6,8-10H2. The van der Waals surface area contributed by atoms with Gasteiger partial charge in [-0.25, -0.2) is 13.1 Å². The zero-order chi connectivity index (χ0) is 13.7. The predicted octanol–water partition coefficient (Wildman–Crippen LogP) is 1.73. The van der Waals surface area contributed by atoms with E-state index in [1.807, 2.05) is 17.8 Å². The highest BCUT2D eigenvalue weighted by Crippen LogP contribution is 2.22. The van der Waals surface area contributed by atoms with E-state index in [0.717, 1.165) is 17.9 Å². The van der Waals surface area contributed by atoms with E-state index < -0.39 is 10.0 Å². The minimum Gasteiger partial charge on any atom is -0.215 e. The monoisotopic (exact) mass is 296 g/mol. The first-order valence-corrected chi connectivity index (χ1v) is 8.94. The van der Waals surface area contributed by atoms with E-state index in [4.69, 9.17) is 5.26 Å². The molecule has 1 saturated heterocycles. The lowest BCUT2D eigenvalue weighted by Gasteiger charge is -2.11. The van der Waals surface area contributed by atoms with Crippen LogP contribution in [0.4, 0.5) is 0 Å². The zero-order valence-electron chi connectivity index (χ0n) is 10.5. The van der Waals surface area contributed by atoms with Crippen LogP contribution in [0.3, 0.4) is 0 Å². The van der Waals surface area contributed by atoms with Gasteiger partial charge < -0.3 is 0 Å². The summed E-state index contributed by atoms with van der Waals surface area (Å²) in [6.07, 6.45) is 1.07. The van der Waals surface area contributed by atoms with Crippen LogP contribution in [0.5, 0.6) is 0 Å². The molecule has 19 heavy (non-hydrogen) atoms. The molecule has 1 aliphatic heterocycles. The van der Waals surface area contributed by atoms with Crippen molar-refractivity contribution in [2.45, 2.75) is 12.2 Å². The van der Waals surface area contributed by atoms with Crippen LogP contribution in [0.1, 0.15) is 17.5 Å². The Morgan fingerprint density at radius 1 is 1.42 bits per heavy atom. The van der Waals surface area contributed by atoms with Gasteiger partial charge in [0.15, 0.2) is 0 Å². The quantitative estimate of drug-likeness (QED) is 0.898. The summed E-state index contributed by atoms with van der Waals surface area (Å²) >= 11 is 1.86. The van der Waals surface area contributed by atoms with Gasteiger partial charge in [0.25, 0.3) is 0 Å². The maximum absolute atomic E-state index is 12.0. The molecule has 1 fully saturated rings. The van der Waals surface area contributed by atoms with Crippen LogP contribution in [0.2, 0.25) is 0 Å². The zero-order valence-corrected chi connectivity index (χ0v) is 12.1. The summed E-state index contributed by atoms with van der Waals surface area (Å²) < 4.78 is 26.6. The third-order valence-corrected chi connectivity index (χ3v) is 5.63. The molecule has 0 spiro atoms. The molecule has 4 nitrogen and oxygen atoms in total. The molecule has 1 N–H and O–H groups in total. The van der Waals surface area contributed by atoms with Crippen LogP contribution in [-0.4, -0.2) is 26.5 Å². The van der Waals surface area contributed by atoms with Gasteiger partial charge in [0.05, 0.1) is 17.4 Å². The number of benzene rings is 1. The van der Waals surface area contributed by atoms with Crippen molar-refractivity contribution in [1.82, 2.24) is 4.72 Å². The molecule has 0 radical (unpaired) electrons. The number of thioether (sulfide) groups is 1. The molecular formula is C13H16N2O2S2. The summed E-state index contributed by atoms with van der Waals surface area (Å²) in [4.78, 5) is 0. The minimum atomic E-state index is -3.37. The molecule has 1 aromatic carbocycles. The van der Waals surface area contributed by atoms with Crippen LogP contribution < -0.4 is 4.72 Å². The Morgan fingerprint density at radius 2 is 2.21 bits per heavy atom. The van der Waals surface area contributed by atoms with E-state index in [1.165, 1.54) is 0 Å². The van der Waals surface area contributed by atoms with E-state index in [-0.39, 0.29) is 5.75 Å². The van der Waals surface area contributed by atoms with Crippen molar-refractivity contribution in [3.05, 3.63) is 35.4 Å². The average molecular weight is 296 g/mol.